The van der Waals surface area contributed by atoms with Crippen molar-refractivity contribution in [2.45, 2.75) is 12.5 Å². The van der Waals surface area contributed by atoms with E-state index in [-0.39, 0.29) is 12.1 Å². The number of amides is 1. The van der Waals surface area contributed by atoms with Gasteiger partial charge in [0.05, 0.1) is 25.1 Å². The number of aliphatic carboxylic acids is 1. The molecule has 0 fully saturated rings. The van der Waals surface area contributed by atoms with Gasteiger partial charge in [0.2, 0.25) is 0 Å². The first kappa shape index (κ1) is 15.0. The number of ether oxygens (including phenoxy) is 1. The summed E-state index contributed by atoms with van der Waals surface area (Å²) in [5.74, 6) is -0.794. The second-order valence-corrected chi connectivity index (χ2v) is 4.99. The van der Waals surface area contributed by atoms with Crippen LogP contribution in [-0.4, -0.2) is 29.1 Å². The lowest BCUT2D eigenvalue weighted by atomic mass is 10.0. The summed E-state index contributed by atoms with van der Waals surface area (Å²) in [6.07, 6.45) is -0.219. The van der Waals surface area contributed by atoms with Crippen LogP contribution in [0.2, 0.25) is 0 Å². The van der Waals surface area contributed by atoms with Crippen LogP contribution in [0.1, 0.15) is 28.5 Å². The summed E-state index contributed by atoms with van der Waals surface area (Å²) in [5.41, 5.74) is 2.49. The lowest BCUT2D eigenvalue weighted by Crippen LogP contribution is -2.30. The first-order chi connectivity index (χ1) is 10.1. The van der Waals surface area contributed by atoms with Gasteiger partial charge in [-0.15, -0.1) is 11.3 Å². The number of nitrogens with one attached hydrogen (secondary N) is 1. The maximum atomic E-state index is 12.0. The van der Waals surface area contributed by atoms with Crippen LogP contribution in [0.4, 0.5) is 0 Å². The van der Waals surface area contributed by atoms with Crippen LogP contribution in [0.3, 0.4) is 0 Å². The molecule has 2 rings (SSSR count). The molecular formula is C14H14N2O4S. The minimum atomic E-state index is -0.999. The normalized spacial score (nSPS) is 11.7. The van der Waals surface area contributed by atoms with Crippen LogP contribution in [0.25, 0.3) is 0 Å². The third-order valence-corrected chi connectivity index (χ3v) is 3.43. The number of methoxy groups -OCH3 is 1. The monoisotopic (exact) mass is 306 g/mol. The summed E-state index contributed by atoms with van der Waals surface area (Å²) in [6, 6.07) is 6.31. The van der Waals surface area contributed by atoms with Gasteiger partial charge < -0.3 is 15.2 Å². The Bertz CT molecular complexity index is 628. The molecule has 1 aromatic carbocycles. The molecule has 1 aromatic heterocycles. The van der Waals surface area contributed by atoms with Crippen molar-refractivity contribution >= 4 is 23.2 Å². The maximum absolute atomic E-state index is 12.0. The second kappa shape index (κ2) is 6.85. The number of hydrogen-bond donors (Lipinski definition) is 2. The van der Waals surface area contributed by atoms with Crippen LogP contribution in [0.15, 0.2) is 35.2 Å². The Morgan fingerprint density at radius 3 is 2.90 bits per heavy atom. The summed E-state index contributed by atoms with van der Waals surface area (Å²) in [4.78, 5) is 27.0. The molecule has 0 spiro atoms. The second-order valence-electron chi connectivity index (χ2n) is 4.27. The molecule has 1 amide bonds. The van der Waals surface area contributed by atoms with E-state index in [0.29, 0.717) is 11.3 Å². The smallest absolute Gasteiger partial charge is 0.305 e. The summed E-state index contributed by atoms with van der Waals surface area (Å²) in [6.45, 7) is 0. The molecule has 2 aromatic rings. The minimum absolute atomic E-state index is 0.219. The van der Waals surface area contributed by atoms with Gasteiger partial charge in [-0.3, -0.25) is 9.59 Å². The fourth-order valence-corrected chi connectivity index (χ4v) is 2.37. The highest BCUT2D eigenvalue weighted by atomic mass is 32.1. The van der Waals surface area contributed by atoms with Gasteiger partial charge in [-0.1, -0.05) is 12.1 Å². The zero-order chi connectivity index (χ0) is 15.2. The average Bonchev–Trinajstić information content (AvgIpc) is 3.00. The standard InChI is InChI=1S/C14H14N2O4S/c1-20-10-4-2-3-9(5-10)11(6-13(17)18)16-14(19)12-7-21-8-15-12/h2-5,7-8,11H,6H2,1H3,(H,16,19)(H,17,18). The van der Waals surface area contributed by atoms with Crippen LogP contribution in [0, 0.1) is 0 Å². The predicted molar refractivity (Wildman–Crippen MR) is 77.6 cm³/mol. The Labute approximate surface area is 125 Å². The molecule has 1 atom stereocenters. The van der Waals surface area contributed by atoms with Gasteiger partial charge in [0.15, 0.2) is 0 Å². The molecule has 0 saturated carbocycles. The summed E-state index contributed by atoms with van der Waals surface area (Å²) in [7, 11) is 1.53. The van der Waals surface area contributed by atoms with Crippen molar-refractivity contribution in [2.24, 2.45) is 0 Å². The molecule has 7 heteroatoms. The quantitative estimate of drug-likeness (QED) is 0.853. The number of carboxylic acids is 1. The van der Waals surface area contributed by atoms with Crippen LogP contribution >= 0.6 is 11.3 Å². The predicted octanol–water partition coefficient (Wildman–Crippen LogP) is 2.10. The third kappa shape index (κ3) is 4.03. The molecule has 1 heterocycles. The lowest BCUT2D eigenvalue weighted by molar-refractivity contribution is -0.137. The van der Waals surface area contributed by atoms with E-state index in [1.807, 2.05) is 0 Å². The van der Waals surface area contributed by atoms with E-state index in [9.17, 15) is 9.59 Å². The highest BCUT2D eigenvalue weighted by Crippen LogP contribution is 2.22. The molecule has 0 radical (unpaired) electrons. The van der Waals surface area contributed by atoms with E-state index in [1.54, 1.807) is 35.2 Å². The molecule has 6 nitrogen and oxygen atoms in total. The number of hydrogen-bond acceptors (Lipinski definition) is 5. The molecule has 2 N–H and O–H groups in total. The fourth-order valence-electron chi connectivity index (χ4n) is 1.84. The Balaban J connectivity index is 2.21. The van der Waals surface area contributed by atoms with Gasteiger partial charge in [-0.05, 0) is 17.7 Å². The van der Waals surface area contributed by atoms with Crippen molar-refractivity contribution in [2.75, 3.05) is 7.11 Å². The van der Waals surface area contributed by atoms with E-state index in [4.69, 9.17) is 9.84 Å². The lowest BCUT2D eigenvalue weighted by Gasteiger charge is -2.17. The summed E-state index contributed by atoms with van der Waals surface area (Å²) in [5, 5.41) is 13.3. The van der Waals surface area contributed by atoms with Crippen molar-refractivity contribution in [3.05, 3.63) is 46.4 Å². The molecule has 0 aliphatic heterocycles. The molecule has 21 heavy (non-hydrogen) atoms. The Hall–Kier alpha value is -2.41. The average molecular weight is 306 g/mol. The van der Waals surface area contributed by atoms with E-state index in [2.05, 4.69) is 10.3 Å². The number of carbonyl (C=O) groups is 2. The first-order valence-corrected chi connectivity index (χ1v) is 7.09. The molecule has 0 bridgehead atoms. The maximum Gasteiger partial charge on any atom is 0.305 e. The fraction of sp³-hybridized carbons (Fsp3) is 0.214. The largest absolute Gasteiger partial charge is 0.497 e. The van der Waals surface area contributed by atoms with Gasteiger partial charge in [0.1, 0.15) is 11.4 Å². The topological polar surface area (TPSA) is 88.5 Å². The van der Waals surface area contributed by atoms with Gasteiger partial charge in [0, 0.05) is 5.38 Å². The molecule has 0 aliphatic carbocycles. The number of carbonyl (C=O) groups excluding carboxylic acids is 1. The summed E-state index contributed by atoms with van der Waals surface area (Å²) < 4.78 is 5.12. The van der Waals surface area contributed by atoms with E-state index >= 15 is 0 Å². The van der Waals surface area contributed by atoms with Crippen molar-refractivity contribution in [1.82, 2.24) is 10.3 Å². The number of thiazole rings is 1. The first-order valence-electron chi connectivity index (χ1n) is 6.15. The number of nitrogens with zero attached hydrogens (tertiary/aromatic N) is 1. The summed E-state index contributed by atoms with van der Waals surface area (Å²) >= 11 is 1.30. The van der Waals surface area contributed by atoms with Gasteiger partial charge in [-0.25, -0.2) is 4.98 Å². The van der Waals surface area contributed by atoms with Crippen LogP contribution in [0.5, 0.6) is 5.75 Å². The third-order valence-electron chi connectivity index (χ3n) is 2.85. The van der Waals surface area contributed by atoms with E-state index < -0.39 is 17.9 Å². The van der Waals surface area contributed by atoms with Crippen molar-refractivity contribution < 1.29 is 19.4 Å². The number of aromatic nitrogens is 1. The zero-order valence-corrected chi connectivity index (χ0v) is 12.1. The molecule has 110 valence electrons. The highest BCUT2D eigenvalue weighted by Gasteiger charge is 2.20. The van der Waals surface area contributed by atoms with Gasteiger partial charge in [0.25, 0.3) is 5.91 Å². The van der Waals surface area contributed by atoms with Crippen molar-refractivity contribution in [3.63, 3.8) is 0 Å². The molecule has 0 aliphatic rings. The number of rotatable bonds is 6. The molecular weight excluding hydrogens is 292 g/mol. The van der Waals surface area contributed by atoms with Crippen LogP contribution in [-0.2, 0) is 4.79 Å². The Kier molecular flexibility index (Phi) is 4.89. The number of benzene rings is 1. The highest BCUT2D eigenvalue weighted by molar-refractivity contribution is 7.07. The molecule has 0 saturated heterocycles. The number of carboxylic acid groups (broad SMARTS) is 1. The van der Waals surface area contributed by atoms with Crippen molar-refractivity contribution in [3.8, 4) is 5.75 Å². The Morgan fingerprint density at radius 2 is 2.29 bits per heavy atom. The Morgan fingerprint density at radius 1 is 1.48 bits per heavy atom. The van der Waals surface area contributed by atoms with E-state index in [0.717, 1.165) is 0 Å². The molecule has 1 unspecified atom stereocenters. The SMILES string of the molecule is COc1cccc(C(CC(=O)O)NC(=O)c2cscn2)c1. The zero-order valence-electron chi connectivity index (χ0n) is 11.3. The van der Waals surface area contributed by atoms with Gasteiger partial charge >= 0.3 is 5.97 Å². The van der Waals surface area contributed by atoms with Crippen LogP contribution < -0.4 is 10.1 Å². The van der Waals surface area contributed by atoms with Gasteiger partial charge in [-0.2, -0.15) is 0 Å². The van der Waals surface area contributed by atoms with Crippen molar-refractivity contribution in [1.29, 1.82) is 0 Å². The minimum Gasteiger partial charge on any atom is -0.497 e. The van der Waals surface area contributed by atoms with E-state index in [1.165, 1.54) is 18.4 Å².